The maximum atomic E-state index is 11.7. The van der Waals surface area contributed by atoms with Crippen LogP contribution in [0.15, 0.2) is 36.4 Å². The summed E-state index contributed by atoms with van der Waals surface area (Å²) >= 11 is 0. The lowest BCUT2D eigenvalue weighted by molar-refractivity contribution is -0.384. The van der Waals surface area contributed by atoms with Gasteiger partial charge in [0.1, 0.15) is 5.60 Å². The second-order valence-corrected chi connectivity index (χ2v) is 5.67. The van der Waals surface area contributed by atoms with E-state index in [9.17, 15) is 20.0 Å². The molecule has 6 nitrogen and oxygen atoms in total. The van der Waals surface area contributed by atoms with Crippen LogP contribution in [0.25, 0.3) is 0 Å². The Hall–Kier alpha value is -2.21. The summed E-state index contributed by atoms with van der Waals surface area (Å²) in [7, 11) is 0. The van der Waals surface area contributed by atoms with Gasteiger partial charge < -0.3 is 9.84 Å². The van der Waals surface area contributed by atoms with E-state index < -0.39 is 22.6 Å². The summed E-state index contributed by atoms with van der Waals surface area (Å²) < 4.78 is 5.15. The van der Waals surface area contributed by atoms with Crippen molar-refractivity contribution >= 4 is 11.7 Å². The second kappa shape index (κ2) is 6.49. The molecule has 6 heteroatoms. The smallest absolute Gasteiger partial charge is 0.334 e. The standard InChI is InChI=1S/C15H19NO5/c1-10(14(18)21-15(2,3)4)9-13(17)11-5-7-12(8-6-11)16(19)20/h5-8,13,17H,1,9H2,2-4H3. The molecule has 0 aliphatic carbocycles. The number of nitrogens with zero attached hydrogens (tertiary/aromatic N) is 1. The fraction of sp³-hybridized carbons (Fsp3) is 0.400. The summed E-state index contributed by atoms with van der Waals surface area (Å²) in [4.78, 5) is 21.8. The molecule has 0 radical (unpaired) electrons. The highest BCUT2D eigenvalue weighted by Crippen LogP contribution is 2.24. The molecule has 0 bridgehead atoms. The van der Waals surface area contributed by atoms with Gasteiger partial charge in [-0.15, -0.1) is 0 Å². The molecule has 1 unspecified atom stereocenters. The molecular weight excluding hydrogens is 274 g/mol. The number of hydrogen-bond acceptors (Lipinski definition) is 5. The summed E-state index contributed by atoms with van der Waals surface area (Å²) in [6, 6.07) is 5.50. The quantitative estimate of drug-likeness (QED) is 0.390. The van der Waals surface area contributed by atoms with Gasteiger partial charge in [0.2, 0.25) is 0 Å². The fourth-order valence-electron chi connectivity index (χ4n) is 1.60. The number of esters is 1. The maximum absolute atomic E-state index is 11.7. The lowest BCUT2D eigenvalue weighted by atomic mass is 10.0. The summed E-state index contributed by atoms with van der Waals surface area (Å²) in [5.74, 6) is -0.566. The van der Waals surface area contributed by atoms with Crippen LogP contribution in [0, 0.1) is 10.1 Å². The first-order valence-electron chi connectivity index (χ1n) is 6.43. The number of nitro benzene ring substituents is 1. The minimum absolute atomic E-state index is 0.00667. The van der Waals surface area contributed by atoms with Crippen molar-refractivity contribution in [2.75, 3.05) is 0 Å². The number of benzene rings is 1. The van der Waals surface area contributed by atoms with E-state index in [2.05, 4.69) is 6.58 Å². The molecule has 0 spiro atoms. The van der Waals surface area contributed by atoms with Crippen LogP contribution in [-0.4, -0.2) is 21.6 Å². The van der Waals surface area contributed by atoms with Crippen molar-refractivity contribution in [3.8, 4) is 0 Å². The van der Waals surface area contributed by atoms with E-state index in [0.717, 1.165) is 0 Å². The number of aliphatic hydroxyl groups is 1. The minimum atomic E-state index is -0.967. The third kappa shape index (κ3) is 5.35. The zero-order valence-corrected chi connectivity index (χ0v) is 12.3. The zero-order chi connectivity index (χ0) is 16.2. The van der Waals surface area contributed by atoms with E-state index in [1.165, 1.54) is 24.3 Å². The van der Waals surface area contributed by atoms with E-state index in [0.29, 0.717) is 5.56 Å². The number of ether oxygens (including phenoxy) is 1. The Bertz CT molecular complexity index is 542. The van der Waals surface area contributed by atoms with Crippen molar-refractivity contribution in [3.63, 3.8) is 0 Å². The molecule has 0 fully saturated rings. The first kappa shape index (κ1) is 16.8. The third-order valence-electron chi connectivity index (χ3n) is 2.62. The SMILES string of the molecule is C=C(CC(O)c1ccc([N+](=O)[O-])cc1)C(=O)OC(C)(C)C. The van der Waals surface area contributed by atoms with Crippen molar-refractivity contribution in [2.45, 2.75) is 38.9 Å². The van der Waals surface area contributed by atoms with E-state index in [1.54, 1.807) is 20.8 Å². The minimum Gasteiger partial charge on any atom is -0.457 e. The average molecular weight is 293 g/mol. The molecule has 0 heterocycles. The average Bonchev–Trinajstić information content (AvgIpc) is 2.36. The summed E-state index contributed by atoms with van der Waals surface area (Å²) in [6.45, 7) is 8.83. The van der Waals surface area contributed by atoms with Crippen molar-refractivity contribution in [1.29, 1.82) is 0 Å². The van der Waals surface area contributed by atoms with Gasteiger partial charge >= 0.3 is 5.97 Å². The predicted molar refractivity (Wildman–Crippen MR) is 77.7 cm³/mol. The Balaban J connectivity index is 2.68. The normalized spacial score (nSPS) is 12.6. The molecule has 1 rings (SSSR count). The molecule has 0 amide bonds. The molecule has 0 aliphatic heterocycles. The number of hydrogen-bond donors (Lipinski definition) is 1. The van der Waals surface area contributed by atoms with Gasteiger partial charge in [-0.1, -0.05) is 6.58 Å². The van der Waals surface area contributed by atoms with Crippen molar-refractivity contribution < 1.29 is 19.6 Å². The number of carbonyl (C=O) groups excluding carboxylic acids is 1. The molecule has 0 aromatic heterocycles. The van der Waals surface area contributed by atoms with Crippen LogP contribution in [0.4, 0.5) is 5.69 Å². The lowest BCUT2D eigenvalue weighted by Gasteiger charge is -2.21. The van der Waals surface area contributed by atoms with Crippen molar-refractivity contribution in [3.05, 3.63) is 52.1 Å². The molecule has 0 saturated carbocycles. The van der Waals surface area contributed by atoms with Gasteiger partial charge in [-0.3, -0.25) is 10.1 Å². The number of carbonyl (C=O) groups is 1. The maximum Gasteiger partial charge on any atom is 0.334 e. The highest BCUT2D eigenvalue weighted by Gasteiger charge is 2.21. The van der Waals surface area contributed by atoms with Crippen molar-refractivity contribution in [2.24, 2.45) is 0 Å². The van der Waals surface area contributed by atoms with E-state index in [-0.39, 0.29) is 17.7 Å². The second-order valence-electron chi connectivity index (χ2n) is 5.67. The van der Waals surface area contributed by atoms with Crippen LogP contribution in [0.2, 0.25) is 0 Å². The number of nitro groups is 1. The molecule has 21 heavy (non-hydrogen) atoms. The lowest BCUT2D eigenvalue weighted by Crippen LogP contribution is -2.25. The van der Waals surface area contributed by atoms with Gasteiger partial charge in [0.15, 0.2) is 0 Å². The van der Waals surface area contributed by atoms with E-state index in [4.69, 9.17) is 4.74 Å². The summed E-state index contributed by atoms with van der Waals surface area (Å²) in [5, 5.41) is 20.6. The monoisotopic (exact) mass is 293 g/mol. The molecule has 1 atom stereocenters. The number of aliphatic hydroxyl groups excluding tert-OH is 1. The first-order chi connectivity index (χ1) is 9.60. The number of non-ortho nitro benzene ring substituents is 1. The highest BCUT2D eigenvalue weighted by molar-refractivity contribution is 5.88. The summed E-state index contributed by atoms with van der Waals surface area (Å²) in [6.07, 6.45) is -0.960. The Morgan fingerprint density at radius 3 is 2.33 bits per heavy atom. The molecule has 0 saturated heterocycles. The van der Waals surface area contributed by atoms with Crippen LogP contribution in [0.3, 0.4) is 0 Å². The zero-order valence-electron chi connectivity index (χ0n) is 12.3. The molecule has 1 aromatic rings. The fourth-order valence-corrected chi connectivity index (χ4v) is 1.60. The van der Waals surface area contributed by atoms with Crippen LogP contribution in [0.5, 0.6) is 0 Å². The first-order valence-corrected chi connectivity index (χ1v) is 6.43. The summed E-state index contributed by atoms with van der Waals surface area (Å²) in [5.41, 5.74) is -0.0591. The van der Waals surface area contributed by atoms with Gasteiger partial charge in [-0.2, -0.15) is 0 Å². The molecular formula is C15H19NO5. The third-order valence-corrected chi connectivity index (χ3v) is 2.62. The molecule has 114 valence electrons. The van der Waals surface area contributed by atoms with Crippen molar-refractivity contribution in [1.82, 2.24) is 0 Å². The van der Waals surface area contributed by atoms with Gasteiger partial charge in [0, 0.05) is 24.1 Å². The Morgan fingerprint density at radius 2 is 1.90 bits per heavy atom. The van der Waals surface area contributed by atoms with Gasteiger partial charge in [0.25, 0.3) is 5.69 Å². The van der Waals surface area contributed by atoms with Gasteiger partial charge in [-0.25, -0.2) is 4.79 Å². The highest BCUT2D eigenvalue weighted by atomic mass is 16.6. The predicted octanol–water partition coefficient (Wildman–Crippen LogP) is 2.92. The molecule has 1 aromatic carbocycles. The molecule has 0 aliphatic rings. The number of rotatable bonds is 5. The van der Waals surface area contributed by atoms with E-state index >= 15 is 0 Å². The van der Waals surface area contributed by atoms with Crippen LogP contribution in [-0.2, 0) is 9.53 Å². The van der Waals surface area contributed by atoms with E-state index in [1.807, 2.05) is 0 Å². The van der Waals surface area contributed by atoms with Gasteiger partial charge in [-0.05, 0) is 38.5 Å². The van der Waals surface area contributed by atoms with Gasteiger partial charge in [0.05, 0.1) is 11.0 Å². The molecule has 1 N–H and O–H groups in total. The van der Waals surface area contributed by atoms with Crippen LogP contribution < -0.4 is 0 Å². The Kier molecular flexibility index (Phi) is 5.21. The Labute approximate surface area is 123 Å². The largest absolute Gasteiger partial charge is 0.457 e. The Morgan fingerprint density at radius 1 is 1.38 bits per heavy atom. The topological polar surface area (TPSA) is 89.7 Å². The van der Waals surface area contributed by atoms with Crippen LogP contribution in [0.1, 0.15) is 38.9 Å². The van der Waals surface area contributed by atoms with Crippen LogP contribution >= 0.6 is 0 Å².